The molecule has 1 unspecified atom stereocenters. The largest absolute Gasteiger partial charge is 0.508 e. The molecule has 3 aromatic rings. The van der Waals surface area contributed by atoms with Crippen LogP contribution in [-0.2, 0) is 12.8 Å². The highest BCUT2D eigenvalue weighted by atomic mass is 16.3. The third kappa shape index (κ3) is 4.29. The Morgan fingerprint density at radius 2 is 1.63 bits per heavy atom. The summed E-state index contributed by atoms with van der Waals surface area (Å²) in [7, 11) is 0. The van der Waals surface area contributed by atoms with Crippen molar-refractivity contribution in [3.63, 3.8) is 0 Å². The maximum atomic E-state index is 10.00. The lowest BCUT2D eigenvalue weighted by atomic mass is 9.69. The SMILES string of the molecule is Oc1ccc2c(c1)CC[C@H](c1ccccc1)C2c1ccc(CCNCC2CC2)cc1. The summed E-state index contributed by atoms with van der Waals surface area (Å²) >= 11 is 0. The van der Waals surface area contributed by atoms with E-state index < -0.39 is 0 Å². The summed E-state index contributed by atoms with van der Waals surface area (Å²) in [5, 5.41) is 13.6. The third-order valence-corrected chi connectivity index (χ3v) is 6.88. The van der Waals surface area contributed by atoms with Gasteiger partial charge in [-0.1, -0.05) is 60.7 Å². The van der Waals surface area contributed by atoms with Crippen molar-refractivity contribution in [3.05, 3.63) is 101 Å². The van der Waals surface area contributed by atoms with Crippen LogP contribution in [0.4, 0.5) is 0 Å². The summed E-state index contributed by atoms with van der Waals surface area (Å²) in [6, 6.07) is 26.2. The molecule has 0 spiro atoms. The summed E-state index contributed by atoms with van der Waals surface area (Å²) in [6.07, 6.45) is 6.03. The van der Waals surface area contributed by atoms with Gasteiger partial charge < -0.3 is 10.4 Å². The number of aryl methyl sites for hydroxylation is 1. The van der Waals surface area contributed by atoms with E-state index in [0.717, 1.165) is 31.7 Å². The standard InChI is InChI=1S/C28H31NO/c30-25-13-15-27-24(18-25)12-14-26(22-4-2-1-3-5-22)28(27)23-10-8-20(9-11-23)16-17-29-19-21-6-7-21/h1-5,8-11,13,15,18,21,26,28-30H,6-7,12,14,16-17,19H2/t26-,28?/m1/s1. The van der Waals surface area contributed by atoms with Crippen LogP contribution in [0.25, 0.3) is 0 Å². The predicted molar refractivity (Wildman–Crippen MR) is 123 cm³/mol. The lowest BCUT2D eigenvalue weighted by Crippen LogP contribution is -2.21. The van der Waals surface area contributed by atoms with Crippen molar-refractivity contribution in [3.8, 4) is 5.75 Å². The van der Waals surface area contributed by atoms with E-state index in [-0.39, 0.29) is 0 Å². The minimum absolute atomic E-state index is 0.332. The average Bonchev–Trinajstić information content (AvgIpc) is 3.61. The lowest BCUT2D eigenvalue weighted by molar-refractivity contribution is 0.469. The first kappa shape index (κ1) is 19.4. The molecule has 0 bridgehead atoms. The minimum Gasteiger partial charge on any atom is -0.508 e. The summed E-state index contributed by atoms with van der Waals surface area (Å²) in [5.41, 5.74) is 6.85. The lowest BCUT2D eigenvalue weighted by Gasteiger charge is -2.35. The van der Waals surface area contributed by atoms with E-state index >= 15 is 0 Å². The van der Waals surface area contributed by atoms with Gasteiger partial charge in [0, 0.05) is 5.92 Å². The highest BCUT2D eigenvalue weighted by molar-refractivity contribution is 5.47. The van der Waals surface area contributed by atoms with Gasteiger partial charge in [-0.3, -0.25) is 0 Å². The molecular weight excluding hydrogens is 366 g/mol. The molecule has 5 rings (SSSR count). The van der Waals surface area contributed by atoms with Crippen LogP contribution in [0.5, 0.6) is 5.75 Å². The fourth-order valence-corrected chi connectivity index (χ4v) is 5.03. The maximum Gasteiger partial charge on any atom is 0.115 e. The number of phenolic OH excluding ortho intramolecular Hbond substituents is 1. The molecule has 0 aliphatic heterocycles. The molecule has 154 valence electrons. The quantitative estimate of drug-likeness (QED) is 0.494. The van der Waals surface area contributed by atoms with E-state index in [4.69, 9.17) is 0 Å². The third-order valence-electron chi connectivity index (χ3n) is 6.88. The molecule has 2 nitrogen and oxygen atoms in total. The van der Waals surface area contributed by atoms with Crippen molar-refractivity contribution in [2.75, 3.05) is 13.1 Å². The topological polar surface area (TPSA) is 32.3 Å². The molecule has 0 heterocycles. The van der Waals surface area contributed by atoms with Crippen LogP contribution >= 0.6 is 0 Å². The first-order valence-electron chi connectivity index (χ1n) is 11.4. The smallest absolute Gasteiger partial charge is 0.115 e. The normalized spacial score (nSPS) is 20.7. The van der Waals surface area contributed by atoms with Crippen molar-refractivity contribution in [1.82, 2.24) is 5.32 Å². The first-order valence-corrected chi connectivity index (χ1v) is 11.4. The zero-order chi connectivity index (χ0) is 20.3. The van der Waals surface area contributed by atoms with Crippen molar-refractivity contribution in [1.29, 1.82) is 0 Å². The fraction of sp³-hybridized carbons (Fsp3) is 0.357. The van der Waals surface area contributed by atoms with E-state index in [1.807, 2.05) is 12.1 Å². The number of hydrogen-bond donors (Lipinski definition) is 2. The number of benzene rings is 3. The average molecular weight is 398 g/mol. The van der Waals surface area contributed by atoms with Gasteiger partial charge in [-0.2, -0.15) is 0 Å². The summed E-state index contributed by atoms with van der Waals surface area (Å²) in [5.74, 6) is 2.11. The Kier molecular flexibility index (Phi) is 5.59. The second-order valence-corrected chi connectivity index (χ2v) is 9.06. The second kappa shape index (κ2) is 8.65. The summed E-state index contributed by atoms with van der Waals surface area (Å²) in [6.45, 7) is 2.25. The van der Waals surface area contributed by atoms with Crippen LogP contribution in [0.1, 0.15) is 58.9 Å². The van der Waals surface area contributed by atoms with E-state index in [9.17, 15) is 5.11 Å². The molecule has 2 aliphatic carbocycles. The number of aromatic hydroxyl groups is 1. The molecule has 2 aliphatic rings. The van der Waals surface area contributed by atoms with Gasteiger partial charge in [-0.25, -0.2) is 0 Å². The Morgan fingerprint density at radius 1 is 0.833 bits per heavy atom. The summed E-state index contributed by atoms with van der Waals surface area (Å²) < 4.78 is 0. The Bertz CT molecular complexity index is 975. The van der Waals surface area contributed by atoms with Crippen molar-refractivity contribution >= 4 is 0 Å². The van der Waals surface area contributed by atoms with E-state index in [1.165, 1.54) is 47.2 Å². The Labute approximate surface area is 180 Å². The van der Waals surface area contributed by atoms with Crippen molar-refractivity contribution in [2.45, 2.75) is 43.9 Å². The Hall–Kier alpha value is -2.58. The molecule has 2 N–H and O–H groups in total. The minimum atomic E-state index is 0.332. The molecule has 0 saturated heterocycles. The molecule has 1 fully saturated rings. The number of phenols is 1. The van der Waals surface area contributed by atoms with Crippen LogP contribution in [0, 0.1) is 5.92 Å². The van der Waals surface area contributed by atoms with Crippen LogP contribution in [0.2, 0.25) is 0 Å². The van der Waals surface area contributed by atoms with Crippen LogP contribution in [-0.4, -0.2) is 18.2 Å². The van der Waals surface area contributed by atoms with Gasteiger partial charge in [-0.05, 0) is 97.0 Å². The number of rotatable bonds is 7. The monoisotopic (exact) mass is 397 g/mol. The molecule has 30 heavy (non-hydrogen) atoms. The molecule has 0 aromatic heterocycles. The number of fused-ring (bicyclic) bond motifs is 1. The zero-order valence-electron chi connectivity index (χ0n) is 17.6. The van der Waals surface area contributed by atoms with Gasteiger partial charge in [0.05, 0.1) is 0 Å². The molecule has 0 amide bonds. The predicted octanol–water partition coefficient (Wildman–Crippen LogP) is 5.80. The molecular formula is C28H31NO. The van der Waals surface area contributed by atoms with Gasteiger partial charge in [0.2, 0.25) is 0 Å². The molecule has 2 atom stereocenters. The second-order valence-electron chi connectivity index (χ2n) is 9.06. The molecule has 0 radical (unpaired) electrons. The van der Waals surface area contributed by atoms with E-state index in [2.05, 4.69) is 66.0 Å². The molecule has 3 aromatic carbocycles. The van der Waals surface area contributed by atoms with Gasteiger partial charge in [0.1, 0.15) is 5.75 Å². The van der Waals surface area contributed by atoms with Crippen LogP contribution < -0.4 is 5.32 Å². The highest BCUT2D eigenvalue weighted by Gasteiger charge is 2.32. The Morgan fingerprint density at radius 3 is 2.40 bits per heavy atom. The van der Waals surface area contributed by atoms with Crippen molar-refractivity contribution in [2.24, 2.45) is 5.92 Å². The molecule has 2 heteroatoms. The van der Waals surface area contributed by atoms with E-state index in [0.29, 0.717) is 17.6 Å². The first-order chi connectivity index (χ1) is 14.8. The van der Waals surface area contributed by atoms with E-state index in [1.54, 1.807) is 0 Å². The maximum absolute atomic E-state index is 10.00. The fourth-order valence-electron chi connectivity index (χ4n) is 5.03. The molecule has 1 saturated carbocycles. The van der Waals surface area contributed by atoms with Crippen molar-refractivity contribution < 1.29 is 5.11 Å². The van der Waals surface area contributed by atoms with Gasteiger partial charge in [0.25, 0.3) is 0 Å². The van der Waals surface area contributed by atoms with Crippen LogP contribution in [0.3, 0.4) is 0 Å². The Balaban J connectivity index is 1.40. The highest BCUT2D eigenvalue weighted by Crippen LogP contribution is 2.46. The van der Waals surface area contributed by atoms with Gasteiger partial charge in [-0.15, -0.1) is 0 Å². The number of nitrogens with one attached hydrogen (secondary N) is 1. The van der Waals surface area contributed by atoms with Gasteiger partial charge >= 0.3 is 0 Å². The van der Waals surface area contributed by atoms with Crippen LogP contribution in [0.15, 0.2) is 72.8 Å². The van der Waals surface area contributed by atoms with Gasteiger partial charge in [0.15, 0.2) is 0 Å². The summed E-state index contributed by atoms with van der Waals surface area (Å²) in [4.78, 5) is 0. The number of hydrogen-bond acceptors (Lipinski definition) is 2. The zero-order valence-corrected chi connectivity index (χ0v) is 17.6.